The van der Waals surface area contributed by atoms with E-state index in [0.717, 1.165) is 16.6 Å². The van der Waals surface area contributed by atoms with Gasteiger partial charge in [-0.25, -0.2) is 0 Å². The zero-order valence-electron chi connectivity index (χ0n) is 8.83. The molecule has 80 valence electrons. The van der Waals surface area contributed by atoms with Gasteiger partial charge in [-0.15, -0.1) is 0 Å². The van der Waals surface area contributed by atoms with Crippen molar-refractivity contribution in [1.82, 2.24) is 9.78 Å². The average Bonchev–Trinajstić information content (AvgIpc) is 2.46. The van der Waals surface area contributed by atoms with Gasteiger partial charge in [-0.3, -0.25) is 4.68 Å². The van der Waals surface area contributed by atoms with Gasteiger partial charge in [0.2, 0.25) is 0 Å². The first-order valence-corrected chi connectivity index (χ1v) is 5.89. The van der Waals surface area contributed by atoms with Crippen molar-refractivity contribution in [3.05, 3.63) is 16.4 Å². The summed E-state index contributed by atoms with van der Waals surface area (Å²) >= 11 is 3.46. The van der Waals surface area contributed by atoms with E-state index in [4.69, 9.17) is 5.73 Å². The van der Waals surface area contributed by atoms with Crippen LogP contribution in [0.15, 0.2) is 10.7 Å². The normalized spacial score (nSPS) is 13.1. The smallest absolute Gasteiger partial charge is 0.0690 e. The van der Waals surface area contributed by atoms with Crippen molar-refractivity contribution in [2.24, 2.45) is 12.8 Å². The maximum atomic E-state index is 6.09. The van der Waals surface area contributed by atoms with Crippen LogP contribution in [0.5, 0.6) is 0 Å². The van der Waals surface area contributed by atoms with Gasteiger partial charge in [-0.1, -0.05) is 26.2 Å². The number of nitrogens with zero attached hydrogens (tertiary/aromatic N) is 2. The summed E-state index contributed by atoms with van der Waals surface area (Å²) in [6, 6.07) is 0.100. The molecule has 2 N–H and O–H groups in total. The molecule has 0 radical (unpaired) electrons. The SMILES string of the molecule is CCCCCC(N)c1c(Br)cnn1C. The maximum Gasteiger partial charge on any atom is 0.0690 e. The van der Waals surface area contributed by atoms with E-state index in [1.807, 2.05) is 11.7 Å². The molecule has 0 saturated carbocycles. The van der Waals surface area contributed by atoms with Gasteiger partial charge in [0.15, 0.2) is 0 Å². The van der Waals surface area contributed by atoms with Crippen molar-refractivity contribution in [2.75, 3.05) is 0 Å². The molecule has 1 rings (SSSR count). The molecule has 0 spiro atoms. The molecule has 14 heavy (non-hydrogen) atoms. The van der Waals surface area contributed by atoms with Crippen LogP contribution < -0.4 is 5.73 Å². The summed E-state index contributed by atoms with van der Waals surface area (Å²) < 4.78 is 2.87. The van der Waals surface area contributed by atoms with Gasteiger partial charge < -0.3 is 5.73 Å². The van der Waals surface area contributed by atoms with Gasteiger partial charge in [-0.05, 0) is 22.4 Å². The molecule has 0 aromatic carbocycles. The number of halogens is 1. The molecule has 0 saturated heterocycles. The van der Waals surface area contributed by atoms with Crippen LogP contribution in [0.2, 0.25) is 0 Å². The van der Waals surface area contributed by atoms with Crippen molar-refractivity contribution < 1.29 is 0 Å². The lowest BCUT2D eigenvalue weighted by Crippen LogP contribution is -2.15. The van der Waals surface area contributed by atoms with E-state index in [9.17, 15) is 0 Å². The van der Waals surface area contributed by atoms with Crippen LogP contribution in [0.4, 0.5) is 0 Å². The van der Waals surface area contributed by atoms with Gasteiger partial charge in [0, 0.05) is 13.1 Å². The Balaban J connectivity index is 2.55. The summed E-state index contributed by atoms with van der Waals surface area (Å²) in [6.45, 7) is 2.20. The molecule has 0 aliphatic heterocycles. The van der Waals surface area contributed by atoms with E-state index in [1.165, 1.54) is 19.3 Å². The zero-order valence-corrected chi connectivity index (χ0v) is 10.4. The molecule has 0 aliphatic carbocycles. The molecule has 1 unspecified atom stereocenters. The number of nitrogens with two attached hydrogens (primary N) is 1. The second-order valence-corrected chi connectivity index (χ2v) is 4.46. The minimum atomic E-state index is 0.100. The van der Waals surface area contributed by atoms with Crippen LogP contribution in [-0.4, -0.2) is 9.78 Å². The highest BCUT2D eigenvalue weighted by Crippen LogP contribution is 2.24. The highest BCUT2D eigenvalue weighted by molar-refractivity contribution is 9.10. The van der Waals surface area contributed by atoms with Crippen molar-refractivity contribution in [3.8, 4) is 0 Å². The van der Waals surface area contributed by atoms with Crippen molar-refractivity contribution in [3.63, 3.8) is 0 Å². The first-order valence-electron chi connectivity index (χ1n) is 5.09. The fraction of sp³-hybridized carbons (Fsp3) is 0.700. The molecular formula is C10H18BrN3. The fourth-order valence-corrected chi connectivity index (χ4v) is 2.23. The summed E-state index contributed by atoms with van der Waals surface area (Å²) in [5, 5.41) is 4.16. The molecule has 1 heterocycles. The number of hydrogen-bond donors (Lipinski definition) is 1. The Labute approximate surface area is 93.8 Å². The number of aryl methyl sites for hydroxylation is 1. The summed E-state index contributed by atoms with van der Waals surface area (Å²) in [5.41, 5.74) is 7.19. The number of hydrogen-bond acceptors (Lipinski definition) is 2. The Morgan fingerprint density at radius 1 is 1.57 bits per heavy atom. The molecule has 1 aromatic heterocycles. The third kappa shape index (κ3) is 2.82. The predicted octanol–water partition coefficient (Wildman–Crippen LogP) is 2.76. The van der Waals surface area contributed by atoms with E-state index in [1.54, 1.807) is 6.20 Å². The molecule has 1 aromatic rings. The molecule has 1 atom stereocenters. The lowest BCUT2D eigenvalue weighted by molar-refractivity contribution is 0.541. The first-order chi connectivity index (χ1) is 6.66. The van der Waals surface area contributed by atoms with E-state index in [2.05, 4.69) is 28.0 Å². The van der Waals surface area contributed by atoms with Gasteiger partial charge >= 0.3 is 0 Å². The van der Waals surface area contributed by atoms with E-state index in [-0.39, 0.29) is 6.04 Å². The summed E-state index contributed by atoms with van der Waals surface area (Å²) in [4.78, 5) is 0. The van der Waals surface area contributed by atoms with Crippen LogP contribution in [-0.2, 0) is 7.05 Å². The molecule has 3 nitrogen and oxygen atoms in total. The summed E-state index contributed by atoms with van der Waals surface area (Å²) in [6.07, 6.45) is 6.51. The number of aromatic nitrogens is 2. The van der Waals surface area contributed by atoms with E-state index < -0.39 is 0 Å². The van der Waals surface area contributed by atoms with Gasteiger partial charge in [0.05, 0.1) is 16.4 Å². The van der Waals surface area contributed by atoms with Gasteiger partial charge in [0.25, 0.3) is 0 Å². The topological polar surface area (TPSA) is 43.8 Å². The molecule has 0 aliphatic rings. The second-order valence-electron chi connectivity index (χ2n) is 3.60. The lowest BCUT2D eigenvalue weighted by atomic mass is 10.1. The van der Waals surface area contributed by atoms with Crippen LogP contribution in [0.3, 0.4) is 0 Å². The van der Waals surface area contributed by atoms with Crippen LogP contribution in [0.1, 0.15) is 44.3 Å². The third-order valence-electron chi connectivity index (χ3n) is 2.41. The lowest BCUT2D eigenvalue weighted by Gasteiger charge is -2.12. The van der Waals surface area contributed by atoms with Gasteiger partial charge in [0.1, 0.15) is 0 Å². The maximum absolute atomic E-state index is 6.09. The number of rotatable bonds is 5. The Morgan fingerprint density at radius 3 is 2.79 bits per heavy atom. The Kier molecular flexibility index (Phi) is 4.62. The zero-order chi connectivity index (χ0) is 10.6. The molecule has 0 bridgehead atoms. The Bertz CT molecular complexity index is 263. The van der Waals surface area contributed by atoms with Crippen molar-refractivity contribution in [1.29, 1.82) is 0 Å². The molecule has 0 amide bonds. The summed E-state index contributed by atoms with van der Waals surface area (Å²) in [7, 11) is 1.93. The predicted molar refractivity (Wildman–Crippen MR) is 62.0 cm³/mol. The van der Waals surface area contributed by atoms with E-state index in [0.29, 0.717) is 0 Å². The Hall–Kier alpha value is -0.350. The number of unbranched alkanes of at least 4 members (excludes halogenated alkanes) is 2. The van der Waals surface area contributed by atoms with Crippen LogP contribution >= 0.6 is 15.9 Å². The van der Waals surface area contributed by atoms with Crippen molar-refractivity contribution in [2.45, 2.75) is 38.6 Å². The van der Waals surface area contributed by atoms with Crippen LogP contribution in [0.25, 0.3) is 0 Å². The molecule has 0 fully saturated rings. The largest absolute Gasteiger partial charge is 0.323 e. The average molecular weight is 260 g/mol. The van der Waals surface area contributed by atoms with Crippen molar-refractivity contribution >= 4 is 15.9 Å². The standard InChI is InChI=1S/C10H18BrN3/c1-3-4-5-6-9(12)10-8(11)7-13-14(10)2/h7,9H,3-6,12H2,1-2H3. The van der Waals surface area contributed by atoms with E-state index >= 15 is 0 Å². The third-order valence-corrected chi connectivity index (χ3v) is 3.02. The van der Waals surface area contributed by atoms with Crippen LogP contribution in [0, 0.1) is 0 Å². The fourth-order valence-electron chi connectivity index (χ4n) is 1.59. The molecule has 4 heteroatoms. The first kappa shape index (κ1) is 11.7. The Morgan fingerprint density at radius 2 is 2.29 bits per heavy atom. The highest BCUT2D eigenvalue weighted by atomic mass is 79.9. The minimum absolute atomic E-state index is 0.100. The quantitative estimate of drug-likeness (QED) is 0.827. The second kappa shape index (κ2) is 5.51. The highest BCUT2D eigenvalue weighted by Gasteiger charge is 2.13. The monoisotopic (exact) mass is 259 g/mol. The minimum Gasteiger partial charge on any atom is -0.323 e. The van der Waals surface area contributed by atoms with Gasteiger partial charge in [-0.2, -0.15) is 5.10 Å². The molecular weight excluding hydrogens is 242 g/mol. The summed E-state index contributed by atoms with van der Waals surface area (Å²) in [5.74, 6) is 0.